The maximum atomic E-state index is 12.3. The highest BCUT2D eigenvalue weighted by Crippen LogP contribution is 2.19. The van der Waals surface area contributed by atoms with Gasteiger partial charge >= 0.3 is 5.97 Å². The van der Waals surface area contributed by atoms with Crippen molar-refractivity contribution >= 4 is 11.9 Å². The molecule has 1 rings (SSSR count). The number of rotatable bonds is 5. The van der Waals surface area contributed by atoms with Gasteiger partial charge in [-0.15, -0.1) is 0 Å². The van der Waals surface area contributed by atoms with Crippen molar-refractivity contribution in [3.8, 4) is 0 Å². The van der Waals surface area contributed by atoms with Gasteiger partial charge in [0.1, 0.15) is 0 Å². The Bertz CT molecular complexity index is 525. The van der Waals surface area contributed by atoms with E-state index >= 15 is 0 Å². The smallest absolute Gasteiger partial charge is 0.336 e. The first-order valence-corrected chi connectivity index (χ1v) is 6.54. The van der Waals surface area contributed by atoms with Crippen LogP contribution in [0.25, 0.3) is 0 Å². The molecule has 1 aromatic carbocycles. The standard InChI is InChI=1S/C15H21NO4/c1-8-5-6-9(2)13(15(19)20)12(8)14(18)16-11(4)10(3)7-17/h5-6,10-11,17H,7H2,1-4H3,(H,16,18)(H,19,20). The maximum absolute atomic E-state index is 12.3. The summed E-state index contributed by atoms with van der Waals surface area (Å²) in [5.41, 5.74) is 1.39. The number of carboxylic acid groups (broad SMARTS) is 1. The molecule has 0 aromatic heterocycles. The second-order valence-electron chi connectivity index (χ2n) is 5.18. The van der Waals surface area contributed by atoms with Crippen LogP contribution in [0.1, 0.15) is 45.7 Å². The lowest BCUT2D eigenvalue weighted by molar-refractivity contribution is 0.0688. The number of amides is 1. The summed E-state index contributed by atoms with van der Waals surface area (Å²) in [5, 5.41) is 21.1. The first-order valence-electron chi connectivity index (χ1n) is 6.54. The highest BCUT2D eigenvalue weighted by atomic mass is 16.4. The van der Waals surface area contributed by atoms with Gasteiger partial charge in [-0.2, -0.15) is 0 Å². The number of aryl methyl sites for hydroxylation is 2. The Kier molecular flexibility index (Phi) is 5.27. The zero-order valence-corrected chi connectivity index (χ0v) is 12.2. The Labute approximate surface area is 118 Å². The van der Waals surface area contributed by atoms with E-state index in [1.165, 1.54) is 0 Å². The number of aliphatic hydroxyl groups is 1. The Balaban J connectivity index is 3.16. The Morgan fingerprint density at radius 1 is 1.15 bits per heavy atom. The molecule has 5 heteroatoms. The number of carboxylic acids is 1. The largest absolute Gasteiger partial charge is 0.478 e. The van der Waals surface area contributed by atoms with Crippen LogP contribution in [-0.4, -0.2) is 34.7 Å². The molecule has 0 aliphatic heterocycles. The van der Waals surface area contributed by atoms with Crippen LogP contribution >= 0.6 is 0 Å². The Morgan fingerprint density at radius 3 is 2.10 bits per heavy atom. The van der Waals surface area contributed by atoms with Crippen LogP contribution in [0.4, 0.5) is 0 Å². The quantitative estimate of drug-likeness (QED) is 0.766. The molecular formula is C15H21NO4. The summed E-state index contributed by atoms with van der Waals surface area (Å²) in [4.78, 5) is 23.7. The Morgan fingerprint density at radius 2 is 1.65 bits per heavy atom. The van der Waals surface area contributed by atoms with Crippen LogP contribution in [0.3, 0.4) is 0 Å². The van der Waals surface area contributed by atoms with Crippen molar-refractivity contribution in [1.82, 2.24) is 5.32 Å². The van der Waals surface area contributed by atoms with Gasteiger partial charge in [-0.1, -0.05) is 19.1 Å². The van der Waals surface area contributed by atoms with Gasteiger partial charge in [0.2, 0.25) is 0 Å². The van der Waals surface area contributed by atoms with E-state index in [9.17, 15) is 14.7 Å². The van der Waals surface area contributed by atoms with Crippen molar-refractivity contribution in [3.63, 3.8) is 0 Å². The van der Waals surface area contributed by atoms with Gasteiger partial charge in [0, 0.05) is 12.6 Å². The summed E-state index contributed by atoms with van der Waals surface area (Å²) >= 11 is 0. The molecule has 1 amide bonds. The number of benzene rings is 1. The normalized spacial score (nSPS) is 13.7. The number of hydrogen-bond acceptors (Lipinski definition) is 3. The van der Waals surface area contributed by atoms with E-state index in [0.29, 0.717) is 11.1 Å². The van der Waals surface area contributed by atoms with Gasteiger partial charge in [-0.25, -0.2) is 4.79 Å². The lowest BCUT2D eigenvalue weighted by atomic mass is 9.95. The summed E-state index contributed by atoms with van der Waals surface area (Å²) in [6.07, 6.45) is 0. The highest BCUT2D eigenvalue weighted by Gasteiger charge is 2.23. The molecule has 110 valence electrons. The summed E-state index contributed by atoms with van der Waals surface area (Å²) in [5.74, 6) is -1.63. The number of aliphatic hydroxyl groups excluding tert-OH is 1. The van der Waals surface area contributed by atoms with Crippen LogP contribution in [0.2, 0.25) is 0 Å². The zero-order valence-electron chi connectivity index (χ0n) is 12.2. The summed E-state index contributed by atoms with van der Waals surface area (Å²) in [6, 6.07) is 3.18. The Hall–Kier alpha value is -1.88. The van der Waals surface area contributed by atoms with Crippen molar-refractivity contribution in [3.05, 3.63) is 34.4 Å². The fourth-order valence-electron chi connectivity index (χ4n) is 1.96. The second kappa shape index (κ2) is 6.52. The van der Waals surface area contributed by atoms with Crippen LogP contribution in [-0.2, 0) is 0 Å². The predicted octanol–water partition coefficient (Wildman–Crippen LogP) is 1.75. The molecule has 5 nitrogen and oxygen atoms in total. The van der Waals surface area contributed by atoms with Crippen molar-refractivity contribution < 1.29 is 19.8 Å². The van der Waals surface area contributed by atoms with E-state index in [1.54, 1.807) is 32.9 Å². The summed E-state index contributed by atoms with van der Waals surface area (Å²) in [6.45, 7) is 6.93. The molecular weight excluding hydrogens is 258 g/mol. The van der Waals surface area contributed by atoms with E-state index in [4.69, 9.17) is 5.11 Å². The zero-order chi connectivity index (χ0) is 15.4. The lowest BCUT2D eigenvalue weighted by Crippen LogP contribution is -2.39. The SMILES string of the molecule is Cc1ccc(C)c(C(=O)NC(C)C(C)CO)c1C(=O)O. The van der Waals surface area contributed by atoms with Gasteiger partial charge < -0.3 is 15.5 Å². The van der Waals surface area contributed by atoms with Gasteiger partial charge in [-0.05, 0) is 37.8 Å². The second-order valence-corrected chi connectivity index (χ2v) is 5.18. The van der Waals surface area contributed by atoms with Gasteiger partial charge in [0.25, 0.3) is 5.91 Å². The molecule has 0 aliphatic rings. The van der Waals surface area contributed by atoms with Crippen LogP contribution < -0.4 is 5.32 Å². The number of carbonyl (C=O) groups is 2. The minimum Gasteiger partial charge on any atom is -0.478 e. The molecule has 0 saturated carbocycles. The fraction of sp³-hybridized carbons (Fsp3) is 0.467. The average molecular weight is 279 g/mol. The van der Waals surface area contributed by atoms with E-state index in [0.717, 1.165) is 0 Å². The first-order chi connectivity index (χ1) is 9.29. The third-order valence-electron chi connectivity index (χ3n) is 3.56. The molecule has 0 aliphatic carbocycles. The molecule has 0 fully saturated rings. The van der Waals surface area contributed by atoms with Gasteiger partial charge in [0.15, 0.2) is 0 Å². The molecule has 0 bridgehead atoms. The van der Waals surface area contributed by atoms with E-state index in [2.05, 4.69) is 5.32 Å². The van der Waals surface area contributed by atoms with Crippen molar-refractivity contribution in [1.29, 1.82) is 0 Å². The fourth-order valence-corrected chi connectivity index (χ4v) is 1.96. The third-order valence-corrected chi connectivity index (χ3v) is 3.56. The minimum absolute atomic E-state index is 0.0337. The molecule has 3 N–H and O–H groups in total. The molecule has 0 saturated heterocycles. The molecule has 2 atom stereocenters. The van der Waals surface area contributed by atoms with Gasteiger partial charge in [-0.3, -0.25) is 4.79 Å². The number of carbonyl (C=O) groups excluding carboxylic acids is 1. The number of aromatic carboxylic acids is 1. The molecule has 2 unspecified atom stereocenters. The predicted molar refractivity (Wildman–Crippen MR) is 76.1 cm³/mol. The van der Waals surface area contributed by atoms with E-state index < -0.39 is 11.9 Å². The van der Waals surface area contributed by atoms with Crippen LogP contribution in [0.15, 0.2) is 12.1 Å². The highest BCUT2D eigenvalue weighted by molar-refractivity contribution is 6.06. The van der Waals surface area contributed by atoms with E-state index in [1.807, 2.05) is 6.92 Å². The van der Waals surface area contributed by atoms with E-state index in [-0.39, 0.29) is 29.7 Å². The lowest BCUT2D eigenvalue weighted by Gasteiger charge is -2.21. The number of nitrogens with one attached hydrogen (secondary N) is 1. The van der Waals surface area contributed by atoms with Crippen molar-refractivity contribution in [2.24, 2.45) is 5.92 Å². The first kappa shape index (κ1) is 16.2. The number of hydrogen-bond donors (Lipinski definition) is 3. The van der Waals surface area contributed by atoms with Crippen LogP contribution in [0.5, 0.6) is 0 Å². The summed E-state index contributed by atoms with van der Waals surface area (Å²) in [7, 11) is 0. The molecule has 0 spiro atoms. The monoisotopic (exact) mass is 279 g/mol. The maximum Gasteiger partial charge on any atom is 0.336 e. The molecule has 0 heterocycles. The average Bonchev–Trinajstić information content (AvgIpc) is 2.39. The summed E-state index contributed by atoms with van der Waals surface area (Å²) < 4.78 is 0. The van der Waals surface area contributed by atoms with Crippen molar-refractivity contribution in [2.45, 2.75) is 33.7 Å². The van der Waals surface area contributed by atoms with Crippen molar-refractivity contribution in [2.75, 3.05) is 6.61 Å². The molecule has 0 radical (unpaired) electrons. The molecule has 1 aromatic rings. The van der Waals surface area contributed by atoms with Gasteiger partial charge in [0.05, 0.1) is 11.1 Å². The molecule has 20 heavy (non-hydrogen) atoms. The third kappa shape index (κ3) is 3.36. The van der Waals surface area contributed by atoms with Crippen LogP contribution in [0, 0.1) is 19.8 Å². The topological polar surface area (TPSA) is 86.6 Å². The minimum atomic E-state index is -1.11.